The van der Waals surface area contributed by atoms with Crippen molar-refractivity contribution in [3.63, 3.8) is 0 Å². The van der Waals surface area contributed by atoms with Crippen LogP contribution >= 0.6 is 0 Å². The summed E-state index contributed by atoms with van der Waals surface area (Å²) in [6.07, 6.45) is 1.73. The van der Waals surface area contributed by atoms with Crippen LogP contribution in [0.3, 0.4) is 0 Å². The van der Waals surface area contributed by atoms with Crippen LogP contribution in [-0.2, 0) is 48.9 Å². The molecule has 0 aliphatic heterocycles. The van der Waals surface area contributed by atoms with Crippen LogP contribution < -0.4 is 0 Å². The van der Waals surface area contributed by atoms with Crippen LogP contribution in [0, 0.1) is 23.7 Å². The van der Waals surface area contributed by atoms with Crippen molar-refractivity contribution in [2.75, 3.05) is 13.2 Å². The fourth-order valence-electron chi connectivity index (χ4n) is 3.09. The van der Waals surface area contributed by atoms with Gasteiger partial charge in [-0.25, -0.2) is 39.1 Å². The quantitative estimate of drug-likeness (QED) is 0.0714. The van der Waals surface area contributed by atoms with E-state index in [0.29, 0.717) is 13.2 Å². The molecule has 42 heavy (non-hydrogen) atoms. The van der Waals surface area contributed by atoms with E-state index in [1.807, 2.05) is 96.9 Å². The molecule has 0 N–H and O–H groups in total. The third-order valence-electron chi connectivity index (χ3n) is 5.51. The van der Waals surface area contributed by atoms with Gasteiger partial charge in [-0.05, 0) is 121 Å². The van der Waals surface area contributed by atoms with Gasteiger partial charge in [-0.1, -0.05) is 27.7 Å². The van der Waals surface area contributed by atoms with E-state index in [0.717, 1.165) is 25.7 Å². The third kappa shape index (κ3) is 25.0. The van der Waals surface area contributed by atoms with Gasteiger partial charge in [0.2, 0.25) is 12.6 Å². The maximum Gasteiger partial charge on any atom is 0.227 e. The van der Waals surface area contributed by atoms with Gasteiger partial charge in [0, 0.05) is 11.8 Å². The molecule has 0 spiro atoms. The largest absolute Gasteiger partial charge is 0.236 e. The highest BCUT2D eigenvalue weighted by atomic mass is 17.3. The highest BCUT2D eigenvalue weighted by Gasteiger charge is 2.30. The molecular weight excluding hydrogens is 544 g/mol. The van der Waals surface area contributed by atoms with E-state index in [2.05, 4.69) is 13.8 Å². The maximum atomic E-state index is 5.86. The molecule has 0 radical (unpaired) electrons. The first-order valence-corrected chi connectivity index (χ1v) is 15.6. The van der Waals surface area contributed by atoms with Crippen molar-refractivity contribution >= 4 is 0 Å². The van der Waals surface area contributed by atoms with E-state index in [1.54, 1.807) is 0 Å². The predicted molar refractivity (Wildman–Crippen MR) is 162 cm³/mol. The van der Waals surface area contributed by atoms with E-state index >= 15 is 0 Å². The predicted octanol–water partition coefficient (Wildman–Crippen LogP) is 8.68. The standard InChI is InChI=1S/C32H66O10/c1-23(21-33-39-29(5,6)7)17-19-25(3)27(37-41-31(11,12)13)35-36-28(38-42-32(14,15)16)26(4)20-18-24(2)22-34-40-30(8,9)10/h23-28H,17-22H2,1-16H3. The Morgan fingerprint density at radius 1 is 0.381 bits per heavy atom. The lowest BCUT2D eigenvalue weighted by molar-refractivity contribution is -0.546. The van der Waals surface area contributed by atoms with Gasteiger partial charge in [0.15, 0.2) is 0 Å². The van der Waals surface area contributed by atoms with Gasteiger partial charge in [-0.15, -0.1) is 0 Å². The average molecular weight is 611 g/mol. The summed E-state index contributed by atoms with van der Waals surface area (Å²) in [6, 6.07) is 0. The minimum Gasteiger partial charge on any atom is -0.236 e. The van der Waals surface area contributed by atoms with Crippen molar-refractivity contribution in [3.8, 4) is 0 Å². The highest BCUT2D eigenvalue weighted by Crippen LogP contribution is 2.26. The van der Waals surface area contributed by atoms with E-state index in [9.17, 15) is 0 Å². The van der Waals surface area contributed by atoms with Crippen LogP contribution in [0.4, 0.5) is 0 Å². The zero-order chi connectivity index (χ0) is 32.8. The summed E-state index contributed by atoms with van der Waals surface area (Å²) >= 11 is 0. The molecule has 0 saturated heterocycles. The normalized spacial score (nSPS) is 18.0. The van der Waals surface area contributed by atoms with Crippen LogP contribution in [0.2, 0.25) is 0 Å². The Labute approximate surface area is 257 Å². The molecule has 0 amide bonds. The van der Waals surface area contributed by atoms with Crippen LogP contribution in [0.1, 0.15) is 136 Å². The summed E-state index contributed by atoms with van der Waals surface area (Å²) in [6.45, 7) is 32.5. The maximum absolute atomic E-state index is 5.86. The molecule has 0 fully saturated rings. The second-order valence-electron chi connectivity index (χ2n) is 15.8. The molecule has 10 heteroatoms. The Bertz CT molecular complexity index is 617. The Hall–Kier alpha value is -0.400. The van der Waals surface area contributed by atoms with Crippen molar-refractivity contribution < 1.29 is 48.9 Å². The van der Waals surface area contributed by atoms with Crippen molar-refractivity contribution in [1.29, 1.82) is 0 Å². The smallest absolute Gasteiger partial charge is 0.227 e. The Morgan fingerprint density at radius 3 is 0.929 bits per heavy atom. The fourth-order valence-corrected chi connectivity index (χ4v) is 3.09. The minimum atomic E-state index is -0.794. The fraction of sp³-hybridized carbons (Fsp3) is 1.00. The SMILES string of the molecule is CC(CCC(C)C(OOC(OOC(C)(C)C)C(C)CCC(C)COOC(C)(C)C)OOC(C)(C)C)COOC(C)(C)C. The van der Waals surface area contributed by atoms with Crippen molar-refractivity contribution in [2.45, 2.75) is 171 Å². The second kappa shape index (κ2) is 19.2. The molecule has 0 bridgehead atoms. The Kier molecular flexibility index (Phi) is 19.0. The molecule has 0 aromatic carbocycles. The van der Waals surface area contributed by atoms with Gasteiger partial charge in [0.1, 0.15) is 0 Å². The summed E-state index contributed by atoms with van der Waals surface area (Å²) in [7, 11) is 0. The lowest BCUT2D eigenvalue weighted by atomic mass is 9.98. The van der Waals surface area contributed by atoms with Crippen LogP contribution in [0.15, 0.2) is 0 Å². The summed E-state index contributed by atoms with van der Waals surface area (Å²) in [5, 5.41) is 0. The summed E-state index contributed by atoms with van der Waals surface area (Å²) < 4.78 is 0. The molecule has 0 rings (SSSR count). The first-order valence-electron chi connectivity index (χ1n) is 15.6. The van der Waals surface area contributed by atoms with Crippen molar-refractivity contribution in [2.24, 2.45) is 23.7 Å². The zero-order valence-corrected chi connectivity index (χ0v) is 29.8. The molecular formula is C32H66O10. The van der Waals surface area contributed by atoms with Gasteiger partial charge in [-0.2, -0.15) is 9.78 Å². The van der Waals surface area contributed by atoms with Crippen LogP contribution in [0.25, 0.3) is 0 Å². The van der Waals surface area contributed by atoms with E-state index < -0.39 is 23.8 Å². The number of hydrogen-bond donors (Lipinski definition) is 0. The first-order chi connectivity index (χ1) is 19.0. The van der Waals surface area contributed by atoms with Crippen LogP contribution in [-0.4, -0.2) is 48.2 Å². The van der Waals surface area contributed by atoms with Gasteiger partial charge >= 0.3 is 0 Å². The molecule has 0 aromatic heterocycles. The zero-order valence-electron chi connectivity index (χ0n) is 29.8. The molecule has 6 atom stereocenters. The summed E-state index contributed by atoms with van der Waals surface area (Å²) in [5.74, 6) is 0.433. The first kappa shape index (κ1) is 41.6. The average Bonchev–Trinajstić information content (AvgIpc) is 2.79. The van der Waals surface area contributed by atoms with Gasteiger partial charge in [0.05, 0.1) is 35.6 Å². The van der Waals surface area contributed by atoms with Crippen LogP contribution in [0.5, 0.6) is 0 Å². The molecule has 0 saturated carbocycles. The molecule has 254 valence electrons. The van der Waals surface area contributed by atoms with E-state index in [1.165, 1.54) is 0 Å². The monoisotopic (exact) mass is 610 g/mol. The molecule has 0 aromatic rings. The number of hydrogen-bond acceptors (Lipinski definition) is 10. The van der Waals surface area contributed by atoms with E-state index in [4.69, 9.17) is 48.9 Å². The topological polar surface area (TPSA) is 92.3 Å². The molecule has 10 nitrogen and oxygen atoms in total. The minimum absolute atomic E-state index is 0.0576. The van der Waals surface area contributed by atoms with E-state index in [-0.39, 0.29) is 34.9 Å². The molecule has 0 heterocycles. The second-order valence-corrected chi connectivity index (χ2v) is 15.8. The van der Waals surface area contributed by atoms with Crippen molar-refractivity contribution in [1.82, 2.24) is 0 Å². The lowest BCUT2D eigenvalue weighted by Crippen LogP contribution is -2.35. The van der Waals surface area contributed by atoms with Gasteiger partial charge in [-0.3, -0.25) is 0 Å². The number of rotatable bonds is 21. The third-order valence-corrected chi connectivity index (χ3v) is 5.51. The summed E-state index contributed by atoms with van der Waals surface area (Å²) in [5.41, 5.74) is -1.75. The molecule has 0 aliphatic rings. The van der Waals surface area contributed by atoms with Crippen molar-refractivity contribution in [3.05, 3.63) is 0 Å². The van der Waals surface area contributed by atoms with Gasteiger partial charge in [0.25, 0.3) is 0 Å². The molecule has 6 unspecified atom stereocenters. The van der Waals surface area contributed by atoms with Gasteiger partial charge < -0.3 is 0 Å². The molecule has 0 aliphatic carbocycles. The Morgan fingerprint density at radius 2 is 0.667 bits per heavy atom. The Balaban J connectivity index is 5.22. The lowest BCUT2D eigenvalue weighted by Gasteiger charge is -2.30. The highest BCUT2D eigenvalue weighted by molar-refractivity contribution is 4.64. The summed E-state index contributed by atoms with van der Waals surface area (Å²) in [4.78, 5) is 56.1.